The number of amides is 1. The van der Waals surface area contributed by atoms with E-state index >= 15 is 0 Å². The standard InChI is InChI=1S/C19H20N6O/c1-14-11-15(6-7-17(14)25-13-20-12-22-25)19(26)23-16-5-4-8-21-18(16)24-9-2-3-10-24/h4-8,11-13H,2-3,9-10H2,1H3,(H,23,26). The van der Waals surface area contributed by atoms with Crippen LogP contribution in [0.25, 0.3) is 5.69 Å². The molecule has 0 bridgehead atoms. The van der Waals surface area contributed by atoms with Gasteiger partial charge < -0.3 is 10.2 Å². The molecule has 1 aromatic carbocycles. The van der Waals surface area contributed by atoms with E-state index in [1.54, 1.807) is 23.3 Å². The number of carbonyl (C=O) groups excluding carboxylic acids is 1. The third-order valence-electron chi connectivity index (χ3n) is 4.57. The molecule has 3 heterocycles. The SMILES string of the molecule is Cc1cc(C(=O)Nc2cccnc2N2CCCC2)ccc1-n1cncn1. The summed E-state index contributed by atoms with van der Waals surface area (Å²) >= 11 is 0. The van der Waals surface area contributed by atoms with Crippen LogP contribution in [0.3, 0.4) is 0 Å². The minimum Gasteiger partial charge on any atom is -0.355 e. The lowest BCUT2D eigenvalue weighted by atomic mass is 10.1. The topological polar surface area (TPSA) is 75.9 Å². The van der Waals surface area contributed by atoms with Gasteiger partial charge >= 0.3 is 0 Å². The Kier molecular flexibility index (Phi) is 4.35. The van der Waals surface area contributed by atoms with Crippen molar-refractivity contribution in [1.82, 2.24) is 19.7 Å². The summed E-state index contributed by atoms with van der Waals surface area (Å²) in [6, 6.07) is 9.27. The first-order chi connectivity index (χ1) is 12.7. The van der Waals surface area contributed by atoms with Crippen LogP contribution >= 0.6 is 0 Å². The normalized spacial score (nSPS) is 13.8. The maximum Gasteiger partial charge on any atom is 0.255 e. The monoisotopic (exact) mass is 348 g/mol. The number of hydrogen-bond donors (Lipinski definition) is 1. The molecule has 0 unspecified atom stereocenters. The number of anilines is 2. The molecule has 132 valence electrons. The van der Waals surface area contributed by atoms with Gasteiger partial charge in [0.15, 0.2) is 5.82 Å². The molecule has 0 aliphatic carbocycles. The van der Waals surface area contributed by atoms with E-state index in [2.05, 4.69) is 25.3 Å². The molecular weight excluding hydrogens is 328 g/mol. The molecule has 1 saturated heterocycles. The molecule has 0 radical (unpaired) electrons. The van der Waals surface area contributed by atoms with Crippen LogP contribution in [0.1, 0.15) is 28.8 Å². The van der Waals surface area contributed by atoms with Crippen molar-refractivity contribution in [2.75, 3.05) is 23.3 Å². The number of pyridine rings is 1. The minimum absolute atomic E-state index is 0.147. The molecule has 1 aliphatic heterocycles. The summed E-state index contributed by atoms with van der Waals surface area (Å²) in [4.78, 5) is 23.4. The van der Waals surface area contributed by atoms with E-state index in [-0.39, 0.29) is 5.91 Å². The van der Waals surface area contributed by atoms with Crippen molar-refractivity contribution in [1.29, 1.82) is 0 Å². The van der Waals surface area contributed by atoms with E-state index in [0.29, 0.717) is 5.56 Å². The van der Waals surface area contributed by atoms with Crippen LogP contribution in [-0.4, -0.2) is 38.7 Å². The van der Waals surface area contributed by atoms with Crippen LogP contribution in [0, 0.1) is 6.92 Å². The highest BCUT2D eigenvalue weighted by Crippen LogP contribution is 2.26. The van der Waals surface area contributed by atoms with Crippen LogP contribution < -0.4 is 10.2 Å². The Morgan fingerprint density at radius 1 is 1.19 bits per heavy atom. The van der Waals surface area contributed by atoms with Gasteiger partial charge in [-0.1, -0.05) is 0 Å². The highest BCUT2D eigenvalue weighted by molar-refractivity contribution is 6.05. The predicted octanol–water partition coefficient (Wildman–Crippen LogP) is 2.82. The maximum atomic E-state index is 12.7. The molecule has 2 aromatic heterocycles. The second kappa shape index (κ2) is 6.95. The Morgan fingerprint density at radius 3 is 2.77 bits per heavy atom. The van der Waals surface area contributed by atoms with Crippen LogP contribution in [0.5, 0.6) is 0 Å². The van der Waals surface area contributed by atoms with Gasteiger partial charge in [0.1, 0.15) is 12.7 Å². The molecule has 4 rings (SSSR count). The first-order valence-electron chi connectivity index (χ1n) is 8.69. The van der Waals surface area contributed by atoms with Gasteiger partial charge in [-0.15, -0.1) is 0 Å². The molecule has 1 amide bonds. The van der Waals surface area contributed by atoms with E-state index in [4.69, 9.17) is 0 Å². The van der Waals surface area contributed by atoms with Crippen molar-refractivity contribution in [3.8, 4) is 5.69 Å². The molecule has 0 atom stereocenters. The first kappa shape index (κ1) is 16.3. The number of hydrogen-bond acceptors (Lipinski definition) is 5. The highest BCUT2D eigenvalue weighted by atomic mass is 16.1. The molecule has 26 heavy (non-hydrogen) atoms. The number of rotatable bonds is 4. The fourth-order valence-electron chi connectivity index (χ4n) is 3.26. The van der Waals surface area contributed by atoms with E-state index in [9.17, 15) is 4.79 Å². The van der Waals surface area contributed by atoms with Gasteiger partial charge in [0, 0.05) is 24.8 Å². The summed E-state index contributed by atoms with van der Waals surface area (Å²) in [6.45, 7) is 3.91. The molecule has 1 fully saturated rings. The lowest BCUT2D eigenvalue weighted by Crippen LogP contribution is -2.22. The minimum atomic E-state index is -0.147. The number of aryl methyl sites for hydroxylation is 1. The zero-order valence-electron chi connectivity index (χ0n) is 14.6. The number of aromatic nitrogens is 4. The predicted molar refractivity (Wildman–Crippen MR) is 99.7 cm³/mol. The molecule has 7 nitrogen and oxygen atoms in total. The summed E-state index contributed by atoms with van der Waals surface area (Å²) in [5.41, 5.74) is 3.20. The summed E-state index contributed by atoms with van der Waals surface area (Å²) in [5.74, 6) is 0.695. The molecule has 0 spiro atoms. The summed E-state index contributed by atoms with van der Waals surface area (Å²) < 4.78 is 1.68. The number of benzene rings is 1. The third kappa shape index (κ3) is 3.15. The summed E-state index contributed by atoms with van der Waals surface area (Å²) in [5, 5.41) is 7.14. The first-order valence-corrected chi connectivity index (χ1v) is 8.69. The number of nitrogens with one attached hydrogen (secondary N) is 1. The Bertz CT molecular complexity index is 916. The lowest BCUT2D eigenvalue weighted by molar-refractivity contribution is 0.102. The fourth-order valence-corrected chi connectivity index (χ4v) is 3.26. The molecule has 7 heteroatoms. The summed E-state index contributed by atoms with van der Waals surface area (Å²) in [7, 11) is 0. The van der Waals surface area contributed by atoms with Crippen molar-refractivity contribution >= 4 is 17.4 Å². The van der Waals surface area contributed by atoms with Crippen molar-refractivity contribution in [3.63, 3.8) is 0 Å². The average molecular weight is 348 g/mol. The van der Waals surface area contributed by atoms with E-state index in [1.165, 1.54) is 6.33 Å². The van der Waals surface area contributed by atoms with Gasteiger partial charge in [-0.2, -0.15) is 5.10 Å². The Labute approximate surface area is 151 Å². The molecule has 1 N–H and O–H groups in total. The van der Waals surface area contributed by atoms with Crippen molar-refractivity contribution < 1.29 is 4.79 Å². The van der Waals surface area contributed by atoms with Crippen LogP contribution in [0.15, 0.2) is 49.2 Å². The van der Waals surface area contributed by atoms with Crippen LogP contribution in [0.2, 0.25) is 0 Å². The van der Waals surface area contributed by atoms with Gasteiger partial charge in [0.05, 0.1) is 11.4 Å². The Hall–Kier alpha value is -3.22. The van der Waals surface area contributed by atoms with Crippen LogP contribution in [-0.2, 0) is 0 Å². The molecule has 0 saturated carbocycles. The van der Waals surface area contributed by atoms with Gasteiger partial charge in [0.25, 0.3) is 5.91 Å². The van der Waals surface area contributed by atoms with Gasteiger partial charge in [-0.05, 0) is 55.7 Å². The lowest BCUT2D eigenvalue weighted by Gasteiger charge is -2.20. The summed E-state index contributed by atoms with van der Waals surface area (Å²) in [6.07, 6.45) is 7.21. The highest BCUT2D eigenvalue weighted by Gasteiger charge is 2.18. The van der Waals surface area contributed by atoms with E-state index in [0.717, 1.165) is 48.7 Å². The number of nitrogens with zero attached hydrogens (tertiary/aromatic N) is 5. The van der Waals surface area contributed by atoms with E-state index < -0.39 is 0 Å². The van der Waals surface area contributed by atoms with Crippen molar-refractivity contribution in [2.24, 2.45) is 0 Å². The zero-order valence-corrected chi connectivity index (χ0v) is 14.6. The van der Waals surface area contributed by atoms with Gasteiger partial charge in [-0.3, -0.25) is 4.79 Å². The smallest absolute Gasteiger partial charge is 0.255 e. The molecule has 3 aromatic rings. The average Bonchev–Trinajstić information content (AvgIpc) is 3.36. The molecule has 1 aliphatic rings. The Balaban J connectivity index is 1.57. The van der Waals surface area contributed by atoms with Crippen molar-refractivity contribution in [2.45, 2.75) is 19.8 Å². The largest absolute Gasteiger partial charge is 0.355 e. The Morgan fingerprint density at radius 2 is 2.04 bits per heavy atom. The number of carbonyl (C=O) groups is 1. The third-order valence-corrected chi connectivity index (χ3v) is 4.57. The maximum absolute atomic E-state index is 12.7. The zero-order chi connectivity index (χ0) is 17.9. The second-order valence-corrected chi connectivity index (χ2v) is 6.36. The van der Waals surface area contributed by atoms with E-state index in [1.807, 2.05) is 31.2 Å². The van der Waals surface area contributed by atoms with Crippen LogP contribution in [0.4, 0.5) is 11.5 Å². The quantitative estimate of drug-likeness (QED) is 0.785. The van der Waals surface area contributed by atoms with Gasteiger partial charge in [-0.25, -0.2) is 14.6 Å². The second-order valence-electron chi connectivity index (χ2n) is 6.36. The van der Waals surface area contributed by atoms with Crippen molar-refractivity contribution in [3.05, 3.63) is 60.3 Å². The van der Waals surface area contributed by atoms with Gasteiger partial charge in [0.2, 0.25) is 0 Å². The molecular formula is C19H20N6O. The fraction of sp³-hybridized carbons (Fsp3) is 0.263.